The van der Waals surface area contributed by atoms with Gasteiger partial charge in [-0.05, 0) is 109 Å². The second kappa shape index (κ2) is 6.75. The van der Waals surface area contributed by atoms with Gasteiger partial charge in [-0.2, -0.15) is 0 Å². The van der Waals surface area contributed by atoms with E-state index in [1.54, 1.807) is 5.56 Å². The molecule has 4 aromatic rings. The van der Waals surface area contributed by atoms with Crippen LogP contribution in [0.4, 0.5) is 0 Å². The van der Waals surface area contributed by atoms with Crippen LogP contribution in [-0.4, -0.2) is 4.57 Å². The van der Waals surface area contributed by atoms with Crippen LogP contribution in [0.3, 0.4) is 0 Å². The van der Waals surface area contributed by atoms with Crippen LogP contribution in [0.15, 0.2) is 66.7 Å². The zero-order valence-corrected chi connectivity index (χ0v) is 20.3. The summed E-state index contributed by atoms with van der Waals surface area (Å²) in [4.78, 5) is 0. The van der Waals surface area contributed by atoms with Gasteiger partial charge in [0.15, 0.2) is 0 Å². The number of fused-ring (bicyclic) bond motifs is 3. The van der Waals surface area contributed by atoms with Gasteiger partial charge in [-0.1, -0.05) is 57.2 Å². The molecule has 8 rings (SSSR count). The van der Waals surface area contributed by atoms with E-state index in [1.807, 2.05) is 0 Å². The number of nitrogens with zero attached hydrogens (tertiary/aromatic N) is 1. The number of hydrogen-bond donors (Lipinski definition) is 0. The van der Waals surface area contributed by atoms with Crippen molar-refractivity contribution in [3.05, 3.63) is 77.9 Å². The van der Waals surface area contributed by atoms with Crippen LogP contribution in [0.25, 0.3) is 27.5 Å². The van der Waals surface area contributed by atoms with Crippen LogP contribution in [0.5, 0.6) is 0 Å². The van der Waals surface area contributed by atoms with Crippen LogP contribution in [-0.2, 0) is 10.8 Å². The quantitative estimate of drug-likeness (QED) is 0.298. The molecule has 3 aromatic carbocycles. The summed E-state index contributed by atoms with van der Waals surface area (Å²) in [5, 5.41) is 2.83. The molecule has 0 spiro atoms. The van der Waals surface area contributed by atoms with Gasteiger partial charge in [0, 0.05) is 16.5 Å². The summed E-state index contributed by atoms with van der Waals surface area (Å²) in [5.41, 5.74) is 7.54. The third-order valence-electron chi connectivity index (χ3n) is 9.30. The molecule has 33 heavy (non-hydrogen) atoms. The van der Waals surface area contributed by atoms with Crippen LogP contribution < -0.4 is 0 Å². The first-order valence-electron chi connectivity index (χ1n) is 13.0. The van der Waals surface area contributed by atoms with E-state index in [1.165, 1.54) is 71.6 Å². The molecule has 0 N–H and O–H groups in total. The molecule has 0 saturated heterocycles. The smallest absolute Gasteiger partial charge is 0.0544 e. The minimum Gasteiger partial charge on any atom is -0.309 e. The number of rotatable bonds is 2. The molecule has 0 radical (unpaired) electrons. The Bertz CT molecular complexity index is 1330. The fourth-order valence-electron chi connectivity index (χ4n) is 8.14. The fourth-order valence-corrected chi connectivity index (χ4v) is 8.14. The van der Waals surface area contributed by atoms with E-state index in [0.29, 0.717) is 5.41 Å². The molecule has 1 heterocycles. The summed E-state index contributed by atoms with van der Waals surface area (Å²) < 4.78 is 2.49. The zero-order chi connectivity index (χ0) is 22.4. The lowest BCUT2D eigenvalue weighted by Crippen LogP contribution is -2.48. The van der Waals surface area contributed by atoms with E-state index in [4.69, 9.17) is 0 Å². The van der Waals surface area contributed by atoms with Gasteiger partial charge in [0.05, 0.1) is 11.0 Å². The molecule has 4 aliphatic rings. The molecule has 0 unspecified atom stereocenters. The monoisotopic (exact) mass is 433 g/mol. The van der Waals surface area contributed by atoms with Crippen molar-refractivity contribution >= 4 is 21.8 Å². The van der Waals surface area contributed by atoms with Crippen molar-refractivity contribution in [3.8, 4) is 5.69 Å². The summed E-state index contributed by atoms with van der Waals surface area (Å²) >= 11 is 0. The zero-order valence-electron chi connectivity index (χ0n) is 20.3. The summed E-state index contributed by atoms with van der Waals surface area (Å²) in [7, 11) is 0. The van der Waals surface area contributed by atoms with Crippen molar-refractivity contribution in [1.82, 2.24) is 4.57 Å². The fraction of sp³-hybridized carbons (Fsp3) is 0.438. The summed E-state index contributed by atoms with van der Waals surface area (Å²) in [6, 6.07) is 25.6. The molecule has 4 fully saturated rings. The normalized spacial score (nSPS) is 28.8. The minimum atomic E-state index is 0.135. The lowest BCUT2D eigenvalue weighted by atomic mass is 9.48. The Hall–Kier alpha value is -2.54. The molecule has 0 amide bonds. The Morgan fingerprint density at radius 1 is 0.697 bits per heavy atom. The maximum atomic E-state index is 2.60. The van der Waals surface area contributed by atoms with Crippen molar-refractivity contribution in [2.24, 2.45) is 17.8 Å². The first-order chi connectivity index (χ1) is 15.9. The van der Waals surface area contributed by atoms with Crippen molar-refractivity contribution in [1.29, 1.82) is 0 Å². The number of aromatic nitrogens is 1. The van der Waals surface area contributed by atoms with Gasteiger partial charge >= 0.3 is 0 Å². The minimum absolute atomic E-state index is 0.135. The maximum Gasteiger partial charge on any atom is 0.0544 e. The summed E-state index contributed by atoms with van der Waals surface area (Å²) in [6.07, 6.45) is 8.79. The highest BCUT2D eigenvalue weighted by atomic mass is 15.0. The summed E-state index contributed by atoms with van der Waals surface area (Å²) in [6.45, 7) is 6.94. The molecular weight excluding hydrogens is 398 g/mol. The first kappa shape index (κ1) is 19.9. The summed E-state index contributed by atoms with van der Waals surface area (Å²) in [5.74, 6) is 2.94. The van der Waals surface area contributed by atoms with E-state index in [2.05, 4.69) is 92.1 Å². The molecule has 4 aliphatic carbocycles. The Balaban J connectivity index is 1.47. The predicted molar refractivity (Wildman–Crippen MR) is 139 cm³/mol. The highest BCUT2D eigenvalue weighted by molar-refractivity contribution is 6.09. The Morgan fingerprint density at radius 2 is 1.36 bits per heavy atom. The maximum absolute atomic E-state index is 2.60. The van der Waals surface area contributed by atoms with E-state index in [9.17, 15) is 0 Å². The largest absolute Gasteiger partial charge is 0.309 e. The average molecular weight is 434 g/mol. The lowest BCUT2D eigenvalue weighted by Gasteiger charge is -2.57. The third kappa shape index (κ3) is 2.97. The van der Waals surface area contributed by atoms with E-state index < -0.39 is 0 Å². The second-order valence-electron chi connectivity index (χ2n) is 12.6. The standard InChI is InChI=1S/C32H35N/c1-31(2,3)24-9-11-27-28-16-25(32-18-21-13-22(19-32)15-23(14-21)20-32)10-12-29(28)33(30(27)17-24)26-7-5-4-6-8-26/h4-12,16-17,21-23H,13-15,18-20H2,1-3H3. The highest BCUT2D eigenvalue weighted by Gasteiger charge is 2.51. The predicted octanol–water partition coefficient (Wildman–Crippen LogP) is 8.55. The van der Waals surface area contributed by atoms with Crippen molar-refractivity contribution < 1.29 is 0 Å². The van der Waals surface area contributed by atoms with E-state index >= 15 is 0 Å². The molecule has 1 heteroatoms. The highest BCUT2D eigenvalue weighted by Crippen LogP contribution is 2.61. The van der Waals surface area contributed by atoms with Crippen molar-refractivity contribution in [2.45, 2.75) is 70.1 Å². The van der Waals surface area contributed by atoms with Gasteiger partial charge in [0.1, 0.15) is 0 Å². The topological polar surface area (TPSA) is 4.93 Å². The van der Waals surface area contributed by atoms with Gasteiger partial charge in [-0.15, -0.1) is 0 Å². The first-order valence-corrected chi connectivity index (χ1v) is 13.0. The van der Waals surface area contributed by atoms with Gasteiger partial charge in [-0.3, -0.25) is 0 Å². The third-order valence-corrected chi connectivity index (χ3v) is 9.30. The number of benzene rings is 3. The van der Waals surface area contributed by atoms with Gasteiger partial charge < -0.3 is 4.57 Å². The van der Waals surface area contributed by atoms with E-state index in [-0.39, 0.29) is 5.41 Å². The molecular formula is C32H35N. The Kier molecular flexibility index (Phi) is 4.07. The lowest BCUT2D eigenvalue weighted by molar-refractivity contribution is -0.00512. The van der Waals surface area contributed by atoms with Gasteiger partial charge in [0.25, 0.3) is 0 Å². The van der Waals surface area contributed by atoms with Crippen LogP contribution >= 0.6 is 0 Å². The molecule has 0 atom stereocenters. The molecule has 168 valence electrons. The van der Waals surface area contributed by atoms with Crippen molar-refractivity contribution in [3.63, 3.8) is 0 Å². The van der Waals surface area contributed by atoms with E-state index in [0.717, 1.165) is 17.8 Å². The van der Waals surface area contributed by atoms with Gasteiger partial charge in [0.2, 0.25) is 0 Å². The molecule has 1 nitrogen and oxygen atoms in total. The van der Waals surface area contributed by atoms with Crippen molar-refractivity contribution in [2.75, 3.05) is 0 Å². The van der Waals surface area contributed by atoms with Crippen LogP contribution in [0.2, 0.25) is 0 Å². The second-order valence-corrected chi connectivity index (χ2v) is 12.6. The van der Waals surface area contributed by atoms with Gasteiger partial charge in [-0.25, -0.2) is 0 Å². The van der Waals surface area contributed by atoms with Crippen LogP contribution in [0.1, 0.15) is 70.4 Å². The Labute approximate surface area is 197 Å². The Morgan fingerprint density at radius 3 is 2.00 bits per heavy atom. The molecule has 4 bridgehead atoms. The number of hydrogen-bond acceptors (Lipinski definition) is 0. The molecule has 0 aliphatic heterocycles. The average Bonchev–Trinajstić information content (AvgIpc) is 3.11. The SMILES string of the molecule is CC(C)(C)c1ccc2c3cc(C45CC6CC(CC(C6)C4)C5)ccc3n(-c3ccccc3)c2c1. The van der Waals surface area contributed by atoms with Crippen LogP contribution in [0, 0.1) is 17.8 Å². The molecule has 1 aromatic heterocycles. The number of para-hydroxylation sites is 1. The molecule has 4 saturated carbocycles.